The van der Waals surface area contributed by atoms with Gasteiger partial charge in [0.05, 0.1) is 0 Å². The van der Waals surface area contributed by atoms with Crippen LogP contribution < -0.4 is 0 Å². The maximum absolute atomic E-state index is 11.4. The SMILES string of the molecule is C=CCOC(=O)CN(C)C(=O)OC(C)(C)C. The highest BCUT2D eigenvalue weighted by Crippen LogP contribution is 2.08. The summed E-state index contributed by atoms with van der Waals surface area (Å²) in [5.74, 6) is -0.492. The lowest BCUT2D eigenvalue weighted by atomic mass is 10.2. The molecule has 5 nitrogen and oxygen atoms in total. The molecule has 0 aromatic carbocycles. The predicted molar refractivity (Wildman–Crippen MR) is 60.0 cm³/mol. The van der Waals surface area contributed by atoms with Crippen molar-refractivity contribution in [3.63, 3.8) is 0 Å². The van der Waals surface area contributed by atoms with Gasteiger partial charge in [-0.05, 0) is 20.8 Å². The van der Waals surface area contributed by atoms with E-state index in [4.69, 9.17) is 9.47 Å². The highest BCUT2D eigenvalue weighted by atomic mass is 16.6. The Labute approximate surface area is 96.0 Å². The van der Waals surface area contributed by atoms with Crippen molar-refractivity contribution in [1.29, 1.82) is 0 Å². The second-order valence-electron chi connectivity index (χ2n) is 4.31. The molecule has 0 heterocycles. The van der Waals surface area contributed by atoms with E-state index >= 15 is 0 Å². The van der Waals surface area contributed by atoms with Crippen molar-refractivity contribution in [2.24, 2.45) is 0 Å². The van der Waals surface area contributed by atoms with E-state index in [0.29, 0.717) is 0 Å². The molecule has 0 aromatic heterocycles. The van der Waals surface area contributed by atoms with E-state index in [2.05, 4.69) is 6.58 Å². The highest BCUT2D eigenvalue weighted by molar-refractivity contribution is 5.78. The van der Waals surface area contributed by atoms with Crippen molar-refractivity contribution in [2.45, 2.75) is 26.4 Å². The van der Waals surface area contributed by atoms with Gasteiger partial charge in [-0.1, -0.05) is 12.7 Å². The molecule has 0 saturated heterocycles. The van der Waals surface area contributed by atoms with Crippen molar-refractivity contribution in [1.82, 2.24) is 4.90 Å². The second-order valence-corrected chi connectivity index (χ2v) is 4.31. The van der Waals surface area contributed by atoms with Gasteiger partial charge in [-0.3, -0.25) is 4.79 Å². The number of carbonyl (C=O) groups excluding carboxylic acids is 2. The molecule has 5 heteroatoms. The van der Waals surface area contributed by atoms with Crippen LogP contribution in [0.1, 0.15) is 20.8 Å². The van der Waals surface area contributed by atoms with E-state index in [-0.39, 0.29) is 13.2 Å². The molecule has 0 fully saturated rings. The Morgan fingerprint density at radius 1 is 1.38 bits per heavy atom. The van der Waals surface area contributed by atoms with Crippen molar-refractivity contribution in [3.05, 3.63) is 12.7 Å². The Bertz CT molecular complexity index is 268. The van der Waals surface area contributed by atoms with Crippen LogP contribution in [0.15, 0.2) is 12.7 Å². The molecule has 0 radical (unpaired) electrons. The van der Waals surface area contributed by atoms with Gasteiger partial charge >= 0.3 is 12.1 Å². The van der Waals surface area contributed by atoms with Gasteiger partial charge in [0.2, 0.25) is 0 Å². The number of rotatable bonds is 4. The molecule has 16 heavy (non-hydrogen) atoms. The quantitative estimate of drug-likeness (QED) is 0.542. The summed E-state index contributed by atoms with van der Waals surface area (Å²) in [5, 5.41) is 0. The Morgan fingerprint density at radius 3 is 2.38 bits per heavy atom. The first-order chi connectivity index (χ1) is 7.26. The molecule has 1 amide bonds. The van der Waals surface area contributed by atoms with Crippen molar-refractivity contribution in [2.75, 3.05) is 20.2 Å². The van der Waals surface area contributed by atoms with Crippen molar-refractivity contribution < 1.29 is 19.1 Å². The zero-order valence-corrected chi connectivity index (χ0v) is 10.3. The molecule has 0 bridgehead atoms. The lowest BCUT2D eigenvalue weighted by molar-refractivity contribution is -0.143. The average molecular weight is 229 g/mol. The van der Waals surface area contributed by atoms with Crippen molar-refractivity contribution in [3.8, 4) is 0 Å². The molecule has 0 aliphatic heterocycles. The Morgan fingerprint density at radius 2 is 1.94 bits per heavy atom. The van der Waals surface area contributed by atoms with Crippen LogP contribution in [0.25, 0.3) is 0 Å². The maximum atomic E-state index is 11.4. The van der Waals surface area contributed by atoms with Gasteiger partial charge in [-0.2, -0.15) is 0 Å². The number of hydrogen-bond acceptors (Lipinski definition) is 4. The summed E-state index contributed by atoms with van der Waals surface area (Å²) < 4.78 is 9.80. The van der Waals surface area contributed by atoms with Gasteiger partial charge in [0, 0.05) is 7.05 Å². The van der Waals surface area contributed by atoms with Crippen LogP contribution in [-0.2, 0) is 14.3 Å². The van der Waals surface area contributed by atoms with E-state index in [1.165, 1.54) is 13.1 Å². The third-order valence-electron chi connectivity index (χ3n) is 1.43. The van der Waals surface area contributed by atoms with Gasteiger partial charge in [0.15, 0.2) is 0 Å². The molecular formula is C11H19NO4. The topological polar surface area (TPSA) is 55.8 Å². The first-order valence-corrected chi connectivity index (χ1v) is 4.97. The summed E-state index contributed by atoms with van der Waals surface area (Å²) in [6.07, 6.45) is 0.911. The van der Waals surface area contributed by atoms with Gasteiger partial charge in [-0.25, -0.2) is 4.79 Å². The van der Waals surface area contributed by atoms with Gasteiger partial charge in [-0.15, -0.1) is 0 Å². The molecule has 0 saturated carbocycles. The third kappa shape index (κ3) is 6.86. The number of esters is 1. The lowest BCUT2D eigenvalue weighted by Gasteiger charge is -2.23. The number of amides is 1. The summed E-state index contributed by atoms with van der Waals surface area (Å²) in [6, 6.07) is 0. The monoisotopic (exact) mass is 229 g/mol. The average Bonchev–Trinajstić information content (AvgIpc) is 2.11. The normalized spacial score (nSPS) is 10.5. The maximum Gasteiger partial charge on any atom is 0.410 e. The Hall–Kier alpha value is -1.52. The zero-order chi connectivity index (χ0) is 12.8. The fraction of sp³-hybridized carbons (Fsp3) is 0.636. The highest BCUT2D eigenvalue weighted by Gasteiger charge is 2.21. The third-order valence-corrected chi connectivity index (χ3v) is 1.43. The first-order valence-electron chi connectivity index (χ1n) is 4.97. The first kappa shape index (κ1) is 14.5. The molecule has 0 aromatic rings. The molecule has 0 spiro atoms. The van der Waals surface area contributed by atoms with E-state index in [0.717, 1.165) is 4.90 Å². The second kappa shape index (κ2) is 6.15. The number of hydrogen-bond donors (Lipinski definition) is 0. The number of ether oxygens (including phenoxy) is 2. The molecule has 0 aliphatic carbocycles. The smallest absolute Gasteiger partial charge is 0.410 e. The van der Waals surface area contributed by atoms with Gasteiger partial charge in [0.25, 0.3) is 0 Å². The van der Waals surface area contributed by atoms with Crippen molar-refractivity contribution >= 4 is 12.1 Å². The summed E-state index contributed by atoms with van der Waals surface area (Å²) in [5.41, 5.74) is -0.573. The van der Waals surface area contributed by atoms with Crippen LogP contribution in [-0.4, -0.2) is 42.8 Å². The van der Waals surface area contributed by atoms with E-state index in [1.807, 2.05) is 0 Å². The Balaban J connectivity index is 4.05. The molecule has 0 atom stereocenters. The van der Waals surface area contributed by atoms with E-state index < -0.39 is 17.7 Å². The van der Waals surface area contributed by atoms with Crippen LogP contribution >= 0.6 is 0 Å². The molecule has 0 aliphatic rings. The number of likely N-dealkylation sites (N-methyl/N-ethyl adjacent to an activating group) is 1. The molecule has 0 rings (SSSR count). The minimum Gasteiger partial charge on any atom is -0.460 e. The molecule has 92 valence electrons. The van der Waals surface area contributed by atoms with Crippen LogP contribution in [0.3, 0.4) is 0 Å². The zero-order valence-electron chi connectivity index (χ0n) is 10.3. The molecule has 0 unspecified atom stereocenters. The lowest BCUT2D eigenvalue weighted by Crippen LogP contribution is -2.37. The minimum absolute atomic E-state index is 0.136. The van der Waals surface area contributed by atoms with Gasteiger partial charge in [0.1, 0.15) is 18.8 Å². The molecular weight excluding hydrogens is 210 g/mol. The largest absolute Gasteiger partial charge is 0.460 e. The van der Waals surface area contributed by atoms with Crippen LogP contribution in [0.4, 0.5) is 4.79 Å². The Kier molecular flexibility index (Phi) is 5.56. The predicted octanol–water partition coefficient (Wildman–Crippen LogP) is 1.58. The summed E-state index contributed by atoms with van der Waals surface area (Å²) in [7, 11) is 1.48. The number of carbonyl (C=O) groups is 2. The van der Waals surface area contributed by atoms with E-state index in [9.17, 15) is 9.59 Å². The standard InChI is InChI=1S/C11H19NO4/c1-6-7-15-9(13)8-12(5)10(14)16-11(2,3)4/h6H,1,7-8H2,2-5H3. The fourth-order valence-electron chi connectivity index (χ4n) is 0.796. The molecule has 0 N–H and O–H groups in total. The van der Waals surface area contributed by atoms with Gasteiger partial charge < -0.3 is 14.4 Å². The van der Waals surface area contributed by atoms with Crippen LogP contribution in [0.5, 0.6) is 0 Å². The van der Waals surface area contributed by atoms with E-state index in [1.54, 1.807) is 20.8 Å². The summed E-state index contributed by atoms with van der Waals surface area (Å²) in [6.45, 7) is 8.69. The summed E-state index contributed by atoms with van der Waals surface area (Å²) in [4.78, 5) is 23.8. The summed E-state index contributed by atoms with van der Waals surface area (Å²) >= 11 is 0. The fourth-order valence-corrected chi connectivity index (χ4v) is 0.796. The number of nitrogens with zero attached hydrogens (tertiary/aromatic N) is 1. The minimum atomic E-state index is -0.573. The van der Waals surface area contributed by atoms with Crippen LogP contribution in [0, 0.1) is 0 Å². The van der Waals surface area contributed by atoms with Crippen LogP contribution in [0.2, 0.25) is 0 Å².